The van der Waals surface area contributed by atoms with Gasteiger partial charge in [-0.3, -0.25) is 4.79 Å². The second kappa shape index (κ2) is 11.7. The van der Waals surface area contributed by atoms with Crippen LogP contribution in [0.2, 0.25) is 0 Å². The van der Waals surface area contributed by atoms with Gasteiger partial charge in [0.2, 0.25) is 0 Å². The number of nitrogens with zero attached hydrogens (tertiary/aromatic N) is 6. The molecule has 0 saturated carbocycles. The average molecular weight is 569 g/mol. The number of ether oxygens (including phenoxy) is 1. The monoisotopic (exact) mass is 568 g/mol. The third-order valence-corrected chi connectivity index (χ3v) is 7.39. The molecule has 5 rings (SSSR count). The van der Waals surface area contributed by atoms with Crippen LogP contribution in [0.4, 0.5) is 18.9 Å². The molecule has 1 fully saturated rings. The van der Waals surface area contributed by atoms with E-state index in [-0.39, 0.29) is 17.6 Å². The number of benzene rings is 2. The quantitative estimate of drug-likeness (QED) is 0.296. The first-order chi connectivity index (χ1) is 19.2. The van der Waals surface area contributed by atoms with Crippen molar-refractivity contribution in [3.8, 4) is 11.4 Å². The summed E-state index contributed by atoms with van der Waals surface area (Å²) in [5, 5.41) is 11.0. The minimum Gasteiger partial charge on any atom is -0.406 e. The Bertz CT molecular complexity index is 1460. The molecular weight excluding hydrogens is 541 g/mol. The zero-order chi connectivity index (χ0) is 28.3. The van der Waals surface area contributed by atoms with Gasteiger partial charge in [0.15, 0.2) is 11.0 Å². The number of alkyl halides is 3. The van der Waals surface area contributed by atoms with Crippen molar-refractivity contribution in [2.24, 2.45) is 16.0 Å². The van der Waals surface area contributed by atoms with E-state index in [2.05, 4.69) is 39.8 Å². The first-order valence-corrected chi connectivity index (χ1v) is 13.8. The Morgan fingerprint density at radius 1 is 1.15 bits per heavy atom. The molecule has 12 heteroatoms. The predicted octanol–water partition coefficient (Wildman–Crippen LogP) is 6.72. The lowest BCUT2D eigenvalue weighted by molar-refractivity contribution is -0.274. The van der Waals surface area contributed by atoms with Gasteiger partial charge >= 0.3 is 6.36 Å². The van der Waals surface area contributed by atoms with Crippen molar-refractivity contribution in [1.29, 1.82) is 0 Å². The molecule has 8 nitrogen and oxygen atoms in total. The van der Waals surface area contributed by atoms with Crippen molar-refractivity contribution in [3.63, 3.8) is 0 Å². The Kier molecular flexibility index (Phi) is 8.06. The van der Waals surface area contributed by atoms with Crippen molar-refractivity contribution < 1.29 is 22.7 Å². The molecule has 40 heavy (non-hydrogen) atoms. The fraction of sp³-hybridized carbons (Fsp3) is 0.321. The Morgan fingerprint density at radius 3 is 2.62 bits per heavy atom. The smallest absolute Gasteiger partial charge is 0.406 e. The minimum atomic E-state index is -4.74. The molecule has 2 aliphatic rings. The molecule has 0 spiro atoms. The number of hydrazone groups is 1. The van der Waals surface area contributed by atoms with Crippen LogP contribution in [0, 0.1) is 5.92 Å². The third-order valence-electron chi connectivity index (χ3n) is 6.48. The number of allylic oxidation sites excluding steroid dienone is 2. The second-order valence-electron chi connectivity index (χ2n) is 9.68. The molecule has 2 heterocycles. The molecule has 0 bridgehead atoms. The molecule has 208 valence electrons. The lowest BCUT2D eigenvalue weighted by Crippen LogP contribution is -2.24. The highest BCUT2D eigenvalue weighted by Gasteiger charge is 2.31. The standard InChI is InChI=1S/C28H27F3N6O2S/c1-18(2)23-5-3-4-6-24(23)34-27-37(25(38)16-40-27)33-15-19-7-9-20(10-8-19)26-32-17-36(35-26)21-11-13-22(14-12-21)39-28(29,30)31/h3-6,9,11-15,17-19H,7-8,10,16H2,1-2H3. The zero-order valence-electron chi connectivity index (χ0n) is 21.9. The van der Waals surface area contributed by atoms with E-state index in [1.807, 2.05) is 30.5 Å². The van der Waals surface area contributed by atoms with Gasteiger partial charge in [-0.1, -0.05) is 49.9 Å². The van der Waals surface area contributed by atoms with E-state index >= 15 is 0 Å². The van der Waals surface area contributed by atoms with E-state index in [4.69, 9.17) is 4.99 Å². The number of para-hydroxylation sites is 1. The number of halogens is 3. The van der Waals surface area contributed by atoms with Crippen LogP contribution < -0.4 is 4.74 Å². The molecule has 0 radical (unpaired) electrons. The molecule has 2 aromatic carbocycles. The summed E-state index contributed by atoms with van der Waals surface area (Å²) >= 11 is 1.39. The highest BCUT2D eigenvalue weighted by atomic mass is 32.2. The first kappa shape index (κ1) is 27.6. The number of amidine groups is 1. The summed E-state index contributed by atoms with van der Waals surface area (Å²) in [6.45, 7) is 4.22. The van der Waals surface area contributed by atoms with Crippen molar-refractivity contribution in [2.75, 3.05) is 5.75 Å². The van der Waals surface area contributed by atoms with Gasteiger partial charge in [-0.05, 0) is 72.6 Å². The highest BCUT2D eigenvalue weighted by Crippen LogP contribution is 2.31. The number of rotatable bonds is 7. The van der Waals surface area contributed by atoms with E-state index in [1.165, 1.54) is 52.0 Å². The summed E-state index contributed by atoms with van der Waals surface area (Å²) in [6, 6.07) is 13.4. The number of aliphatic imine (C=N–C) groups is 1. The topological polar surface area (TPSA) is 85.0 Å². The van der Waals surface area contributed by atoms with Crippen LogP contribution in [0.1, 0.15) is 50.4 Å². The highest BCUT2D eigenvalue weighted by molar-refractivity contribution is 8.15. The van der Waals surface area contributed by atoms with E-state index in [0.29, 0.717) is 34.8 Å². The number of thioether (sulfide) groups is 1. The minimum absolute atomic E-state index is 0.0955. The molecule has 0 N–H and O–H groups in total. The van der Waals surface area contributed by atoms with Crippen LogP contribution in [0.15, 0.2) is 71.0 Å². The number of hydrogen-bond donors (Lipinski definition) is 0. The molecular formula is C28H27F3N6O2S. The summed E-state index contributed by atoms with van der Waals surface area (Å²) in [5.41, 5.74) is 3.52. The van der Waals surface area contributed by atoms with Gasteiger partial charge in [-0.2, -0.15) is 10.1 Å². The first-order valence-electron chi connectivity index (χ1n) is 12.8. The molecule has 1 aromatic heterocycles. The van der Waals surface area contributed by atoms with Gasteiger partial charge in [-0.15, -0.1) is 18.3 Å². The number of carbonyl (C=O) groups is 1. The fourth-order valence-corrected chi connectivity index (χ4v) is 5.23. The van der Waals surface area contributed by atoms with Crippen LogP contribution >= 0.6 is 11.8 Å². The summed E-state index contributed by atoms with van der Waals surface area (Å²) in [6.07, 6.45) is 2.92. The van der Waals surface area contributed by atoms with Crippen molar-refractivity contribution in [1.82, 2.24) is 19.8 Å². The number of aromatic nitrogens is 3. The normalized spacial score (nSPS) is 19.2. The number of carbonyl (C=O) groups excluding carboxylic acids is 1. The Balaban J connectivity index is 1.23. The maximum Gasteiger partial charge on any atom is 0.573 e. The zero-order valence-corrected chi connectivity index (χ0v) is 22.7. The molecule has 1 saturated heterocycles. The largest absolute Gasteiger partial charge is 0.573 e. The van der Waals surface area contributed by atoms with Crippen molar-refractivity contribution >= 4 is 40.3 Å². The van der Waals surface area contributed by atoms with Crippen LogP contribution in [0.5, 0.6) is 5.75 Å². The van der Waals surface area contributed by atoms with Crippen LogP contribution in [-0.2, 0) is 4.79 Å². The van der Waals surface area contributed by atoms with Gasteiger partial charge in [0, 0.05) is 6.21 Å². The lowest BCUT2D eigenvalue weighted by atomic mass is 9.90. The van der Waals surface area contributed by atoms with Gasteiger partial charge < -0.3 is 4.74 Å². The van der Waals surface area contributed by atoms with Gasteiger partial charge in [0.25, 0.3) is 5.91 Å². The fourth-order valence-electron chi connectivity index (χ4n) is 4.42. The van der Waals surface area contributed by atoms with Crippen LogP contribution in [-0.4, -0.2) is 49.2 Å². The Labute approximate surface area is 233 Å². The van der Waals surface area contributed by atoms with Crippen molar-refractivity contribution in [2.45, 2.75) is 45.4 Å². The van der Waals surface area contributed by atoms with Crippen molar-refractivity contribution in [3.05, 3.63) is 72.3 Å². The molecule has 1 atom stereocenters. The Morgan fingerprint density at radius 2 is 1.93 bits per heavy atom. The summed E-state index contributed by atoms with van der Waals surface area (Å²) in [7, 11) is 0. The summed E-state index contributed by atoms with van der Waals surface area (Å²) in [5.74, 6) is 0.933. The van der Waals surface area contributed by atoms with Crippen LogP contribution in [0.25, 0.3) is 11.3 Å². The molecule has 1 aliphatic carbocycles. The van der Waals surface area contributed by atoms with Gasteiger partial charge in [0.1, 0.15) is 12.1 Å². The predicted molar refractivity (Wildman–Crippen MR) is 149 cm³/mol. The molecule has 1 amide bonds. The number of hydrogen-bond acceptors (Lipinski definition) is 7. The second-order valence-corrected chi connectivity index (χ2v) is 10.6. The molecule has 1 unspecified atom stereocenters. The average Bonchev–Trinajstić information content (AvgIpc) is 3.55. The SMILES string of the molecule is CC(C)c1ccccc1N=C1SCC(=O)N1N=CC1CC=C(c2ncn(-c3ccc(OC(F)(F)F)cc3)n2)CC1. The van der Waals surface area contributed by atoms with Gasteiger partial charge in [0.05, 0.1) is 17.1 Å². The molecule has 3 aromatic rings. The van der Waals surface area contributed by atoms with E-state index in [0.717, 1.165) is 29.7 Å². The maximum atomic E-state index is 12.5. The van der Waals surface area contributed by atoms with Crippen LogP contribution in [0.3, 0.4) is 0 Å². The lowest BCUT2D eigenvalue weighted by Gasteiger charge is -2.18. The van der Waals surface area contributed by atoms with E-state index in [1.54, 1.807) is 0 Å². The summed E-state index contributed by atoms with van der Waals surface area (Å²) in [4.78, 5) is 21.7. The third kappa shape index (κ3) is 6.61. The van der Waals surface area contributed by atoms with E-state index in [9.17, 15) is 18.0 Å². The van der Waals surface area contributed by atoms with E-state index < -0.39 is 6.36 Å². The number of amides is 1. The Hall–Kier alpha value is -3.93. The summed E-state index contributed by atoms with van der Waals surface area (Å²) < 4.78 is 42.6. The van der Waals surface area contributed by atoms with Gasteiger partial charge in [-0.25, -0.2) is 14.7 Å². The molecule has 1 aliphatic heterocycles. The maximum absolute atomic E-state index is 12.5.